The highest BCUT2D eigenvalue weighted by Crippen LogP contribution is 2.26. The first kappa shape index (κ1) is 13.3. The third-order valence-corrected chi connectivity index (χ3v) is 5.50. The van der Waals surface area contributed by atoms with Gasteiger partial charge in [-0.3, -0.25) is 4.79 Å². The molecule has 1 atom stereocenters. The van der Waals surface area contributed by atoms with E-state index in [1.54, 1.807) is 25.1 Å². The molecule has 0 aromatic heterocycles. The van der Waals surface area contributed by atoms with Gasteiger partial charge in [0.2, 0.25) is 0 Å². The van der Waals surface area contributed by atoms with Gasteiger partial charge in [-0.15, -0.1) is 0 Å². The van der Waals surface area contributed by atoms with E-state index in [0.29, 0.717) is 17.7 Å². The van der Waals surface area contributed by atoms with E-state index in [1.807, 2.05) is 6.07 Å². The van der Waals surface area contributed by atoms with Crippen LogP contribution >= 0.6 is 0 Å². The number of ketones is 1. The number of Topliss-reactive ketones (excluding diaryl/α,β-unsaturated/α-hetero) is 1. The van der Waals surface area contributed by atoms with Crippen molar-refractivity contribution in [2.75, 3.05) is 5.75 Å². The van der Waals surface area contributed by atoms with Gasteiger partial charge in [-0.05, 0) is 37.8 Å². The molecule has 18 heavy (non-hydrogen) atoms. The molecule has 1 unspecified atom stereocenters. The van der Waals surface area contributed by atoms with E-state index in [0.717, 1.165) is 18.4 Å². The van der Waals surface area contributed by atoms with Gasteiger partial charge in [0.1, 0.15) is 5.78 Å². The molecule has 1 aromatic carbocycles. The van der Waals surface area contributed by atoms with Gasteiger partial charge in [-0.25, -0.2) is 8.42 Å². The van der Waals surface area contributed by atoms with Gasteiger partial charge in [0, 0.05) is 12.3 Å². The zero-order chi connectivity index (χ0) is 13.2. The van der Waals surface area contributed by atoms with Gasteiger partial charge < -0.3 is 0 Å². The predicted octanol–water partition coefficient (Wildman–Crippen LogP) is 2.53. The monoisotopic (exact) mass is 266 g/mol. The molecule has 98 valence electrons. The van der Waals surface area contributed by atoms with Gasteiger partial charge in [0.05, 0.1) is 10.6 Å². The number of carbonyl (C=O) groups is 1. The van der Waals surface area contributed by atoms with Crippen molar-refractivity contribution in [1.82, 2.24) is 0 Å². The standard InChI is InChI=1S/C14H18O3S/c1-11-5-2-3-8-14(11)18(16,17)10-9-12-6-4-7-13(12)15/h2-3,5,8,12H,4,6-7,9-10H2,1H3. The zero-order valence-corrected chi connectivity index (χ0v) is 11.4. The Balaban J connectivity index is 2.08. The zero-order valence-electron chi connectivity index (χ0n) is 10.6. The van der Waals surface area contributed by atoms with Crippen LogP contribution in [-0.2, 0) is 14.6 Å². The minimum absolute atomic E-state index is 0.0382. The molecule has 0 radical (unpaired) electrons. The number of hydrogen-bond acceptors (Lipinski definition) is 3. The summed E-state index contributed by atoms with van der Waals surface area (Å²) in [6.07, 6.45) is 2.85. The topological polar surface area (TPSA) is 51.2 Å². The largest absolute Gasteiger partial charge is 0.299 e. The average molecular weight is 266 g/mol. The van der Waals surface area contributed by atoms with Gasteiger partial charge in [0.25, 0.3) is 0 Å². The molecule has 1 saturated carbocycles. The van der Waals surface area contributed by atoms with Gasteiger partial charge in [-0.2, -0.15) is 0 Å². The summed E-state index contributed by atoms with van der Waals surface area (Å²) >= 11 is 0. The maximum absolute atomic E-state index is 12.2. The molecule has 4 heteroatoms. The molecule has 0 heterocycles. The van der Waals surface area contributed by atoms with Crippen LogP contribution in [0, 0.1) is 12.8 Å². The molecular formula is C14H18O3S. The van der Waals surface area contributed by atoms with Crippen molar-refractivity contribution in [3.05, 3.63) is 29.8 Å². The quantitative estimate of drug-likeness (QED) is 0.841. The van der Waals surface area contributed by atoms with Crippen LogP contribution in [-0.4, -0.2) is 20.0 Å². The van der Waals surface area contributed by atoms with Gasteiger partial charge in [0.15, 0.2) is 9.84 Å². The Morgan fingerprint density at radius 2 is 2.00 bits per heavy atom. The Morgan fingerprint density at radius 3 is 2.61 bits per heavy atom. The summed E-state index contributed by atoms with van der Waals surface area (Å²) in [5.74, 6) is 0.271. The van der Waals surface area contributed by atoms with Crippen molar-refractivity contribution in [2.24, 2.45) is 5.92 Å². The fourth-order valence-corrected chi connectivity index (χ4v) is 4.17. The average Bonchev–Trinajstić information content (AvgIpc) is 2.73. The van der Waals surface area contributed by atoms with Crippen LogP contribution < -0.4 is 0 Å². The fraction of sp³-hybridized carbons (Fsp3) is 0.500. The predicted molar refractivity (Wildman–Crippen MR) is 70.2 cm³/mol. The van der Waals surface area contributed by atoms with E-state index in [1.165, 1.54) is 0 Å². The van der Waals surface area contributed by atoms with Crippen LogP contribution in [0.1, 0.15) is 31.2 Å². The van der Waals surface area contributed by atoms with Crippen molar-refractivity contribution in [2.45, 2.75) is 37.5 Å². The van der Waals surface area contributed by atoms with E-state index in [4.69, 9.17) is 0 Å². The SMILES string of the molecule is Cc1ccccc1S(=O)(=O)CCC1CCCC1=O. The molecular weight excluding hydrogens is 248 g/mol. The maximum Gasteiger partial charge on any atom is 0.178 e. The molecule has 1 aliphatic carbocycles. The molecule has 1 fully saturated rings. The number of aryl methyl sites for hydroxylation is 1. The summed E-state index contributed by atoms with van der Waals surface area (Å²) in [6.45, 7) is 1.80. The summed E-state index contributed by atoms with van der Waals surface area (Å²) in [5, 5.41) is 0. The minimum Gasteiger partial charge on any atom is -0.299 e. The van der Waals surface area contributed by atoms with Crippen molar-refractivity contribution in [1.29, 1.82) is 0 Å². The lowest BCUT2D eigenvalue weighted by Gasteiger charge is -2.10. The molecule has 0 N–H and O–H groups in total. The molecule has 0 spiro atoms. The van der Waals surface area contributed by atoms with E-state index in [2.05, 4.69) is 0 Å². The number of sulfone groups is 1. The molecule has 1 aromatic rings. The maximum atomic E-state index is 12.2. The van der Waals surface area contributed by atoms with Crippen LogP contribution in [0.3, 0.4) is 0 Å². The first-order chi connectivity index (χ1) is 8.50. The van der Waals surface area contributed by atoms with Crippen molar-refractivity contribution in [3.63, 3.8) is 0 Å². The summed E-state index contributed by atoms with van der Waals surface area (Å²) in [7, 11) is -3.25. The van der Waals surface area contributed by atoms with Crippen LogP contribution in [0.25, 0.3) is 0 Å². The second-order valence-corrected chi connectivity index (χ2v) is 7.01. The van der Waals surface area contributed by atoms with E-state index >= 15 is 0 Å². The van der Waals surface area contributed by atoms with Gasteiger partial charge >= 0.3 is 0 Å². The van der Waals surface area contributed by atoms with Crippen LogP contribution in [0.4, 0.5) is 0 Å². The lowest BCUT2D eigenvalue weighted by atomic mass is 10.1. The summed E-state index contributed by atoms with van der Waals surface area (Å²) in [4.78, 5) is 11.9. The molecule has 0 saturated heterocycles. The van der Waals surface area contributed by atoms with Crippen molar-refractivity contribution in [3.8, 4) is 0 Å². The third-order valence-electron chi connectivity index (χ3n) is 3.59. The first-order valence-electron chi connectivity index (χ1n) is 6.32. The van der Waals surface area contributed by atoms with Crippen LogP contribution in [0.5, 0.6) is 0 Å². The Kier molecular flexibility index (Phi) is 3.85. The second kappa shape index (κ2) is 5.22. The normalized spacial score (nSPS) is 20.3. The minimum atomic E-state index is -3.25. The highest BCUT2D eigenvalue weighted by molar-refractivity contribution is 7.91. The van der Waals surface area contributed by atoms with Gasteiger partial charge in [-0.1, -0.05) is 18.2 Å². The van der Waals surface area contributed by atoms with E-state index in [9.17, 15) is 13.2 Å². The third kappa shape index (κ3) is 2.80. The molecule has 0 bridgehead atoms. The lowest BCUT2D eigenvalue weighted by Crippen LogP contribution is -2.15. The molecule has 0 amide bonds. The Morgan fingerprint density at radius 1 is 1.28 bits per heavy atom. The fourth-order valence-electron chi connectivity index (χ4n) is 2.51. The molecule has 1 aliphatic rings. The Bertz CT molecular complexity index is 546. The van der Waals surface area contributed by atoms with Crippen LogP contribution in [0.15, 0.2) is 29.2 Å². The second-order valence-electron chi connectivity index (χ2n) is 4.93. The molecule has 0 aliphatic heterocycles. The summed E-state index contributed by atoms with van der Waals surface area (Å²) < 4.78 is 24.4. The first-order valence-corrected chi connectivity index (χ1v) is 7.97. The number of hydrogen-bond donors (Lipinski definition) is 0. The molecule has 2 rings (SSSR count). The van der Waals surface area contributed by atoms with E-state index < -0.39 is 9.84 Å². The Labute approximate surface area is 108 Å². The lowest BCUT2D eigenvalue weighted by molar-refractivity contribution is -0.120. The summed E-state index contributed by atoms with van der Waals surface area (Å²) in [6, 6.07) is 7.00. The number of rotatable bonds is 4. The smallest absolute Gasteiger partial charge is 0.178 e. The van der Waals surface area contributed by atoms with E-state index in [-0.39, 0.29) is 17.5 Å². The summed E-state index contributed by atoms with van der Waals surface area (Å²) in [5.41, 5.74) is 0.773. The van der Waals surface area contributed by atoms with Crippen molar-refractivity contribution >= 4 is 15.6 Å². The molecule has 3 nitrogen and oxygen atoms in total. The number of carbonyl (C=O) groups excluding carboxylic acids is 1. The Hall–Kier alpha value is -1.16. The highest BCUT2D eigenvalue weighted by Gasteiger charge is 2.26. The van der Waals surface area contributed by atoms with Crippen molar-refractivity contribution < 1.29 is 13.2 Å². The number of benzene rings is 1. The van der Waals surface area contributed by atoms with Crippen LogP contribution in [0.2, 0.25) is 0 Å². The highest BCUT2D eigenvalue weighted by atomic mass is 32.2.